The summed E-state index contributed by atoms with van der Waals surface area (Å²) in [5.74, 6) is 0.0348. The quantitative estimate of drug-likeness (QED) is 0.574. The molecule has 0 atom stereocenters. The van der Waals surface area contributed by atoms with Crippen LogP contribution in [0.5, 0.6) is 0 Å². The van der Waals surface area contributed by atoms with E-state index >= 15 is 0 Å². The Morgan fingerprint density at radius 3 is 2.31 bits per heavy atom. The minimum absolute atomic E-state index is 0.125. The van der Waals surface area contributed by atoms with Crippen LogP contribution < -0.4 is 0 Å². The molecule has 2 aromatic carbocycles. The molecule has 2 fully saturated rings. The van der Waals surface area contributed by atoms with Gasteiger partial charge in [0.1, 0.15) is 0 Å². The zero-order valence-electron chi connectivity index (χ0n) is 17.9. The average Bonchev–Trinajstić information content (AvgIpc) is 3.68. The highest BCUT2D eigenvalue weighted by Gasteiger charge is 2.38. The van der Waals surface area contributed by atoms with Gasteiger partial charge in [0.2, 0.25) is 15.9 Å². The third-order valence-electron chi connectivity index (χ3n) is 6.53. The van der Waals surface area contributed by atoms with Crippen LogP contribution in [0.15, 0.2) is 71.9 Å². The Labute approximate surface area is 188 Å². The summed E-state index contributed by atoms with van der Waals surface area (Å²) in [6.45, 7) is 1.35. The number of aromatic nitrogens is 1. The smallest absolute Gasteiger partial charge is 0.243 e. The molecule has 1 aromatic heterocycles. The van der Waals surface area contributed by atoms with E-state index in [1.807, 2.05) is 47.4 Å². The second-order valence-electron chi connectivity index (χ2n) is 8.74. The topological polar surface area (TPSA) is 70.6 Å². The number of nitrogens with zero attached hydrogens (tertiary/aromatic N) is 3. The van der Waals surface area contributed by atoms with Crippen LogP contribution in [-0.4, -0.2) is 47.6 Å². The van der Waals surface area contributed by atoms with Crippen LogP contribution in [0.3, 0.4) is 0 Å². The van der Waals surface area contributed by atoms with E-state index in [0.717, 1.165) is 29.2 Å². The average molecular weight is 450 g/mol. The monoisotopic (exact) mass is 449 g/mol. The summed E-state index contributed by atoms with van der Waals surface area (Å²) < 4.78 is 28.0. The van der Waals surface area contributed by atoms with Gasteiger partial charge in [-0.25, -0.2) is 8.42 Å². The van der Waals surface area contributed by atoms with E-state index in [2.05, 4.69) is 4.98 Å². The van der Waals surface area contributed by atoms with Gasteiger partial charge in [0.25, 0.3) is 0 Å². The molecule has 3 aromatic rings. The molecule has 5 rings (SSSR count). The molecule has 1 saturated carbocycles. The molecule has 0 spiro atoms. The van der Waals surface area contributed by atoms with Crippen molar-refractivity contribution >= 4 is 26.7 Å². The minimum atomic E-state index is -3.57. The Morgan fingerprint density at radius 1 is 0.938 bits per heavy atom. The van der Waals surface area contributed by atoms with Gasteiger partial charge in [0, 0.05) is 44.0 Å². The fourth-order valence-electron chi connectivity index (χ4n) is 4.51. The Hall–Kier alpha value is -2.77. The van der Waals surface area contributed by atoms with Crippen LogP contribution in [-0.2, 0) is 21.4 Å². The Bertz CT molecular complexity index is 1220. The van der Waals surface area contributed by atoms with E-state index in [1.165, 1.54) is 4.31 Å². The number of benzene rings is 2. The molecule has 6 nitrogen and oxygen atoms in total. The molecule has 1 amide bonds. The summed E-state index contributed by atoms with van der Waals surface area (Å²) >= 11 is 0. The lowest BCUT2D eigenvalue weighted by atomic mass is 9.96. The number of sulfonamides is 1. The molecule has 0 radical (unpaired) electrons. The lowest BCUT2D eigenvalue weighted by Crippen LogP contribution is -2.44. The third-order valence-corrected chi connectivity index (χ3v) is 8.43. The van der Waals surface area contributed by atoms with Gasteiger partial charge in [-0.05, 0) is 66.3 Å². The number of hydrogen-bond donors (Lipinski definition) is 0. The fourth-order valence-corrected chi connectivity index (χ4v) is 6.02. The van der Waals surface area contributed by atoms with Gasteiger partial charge in [-0.2, -0.15) is 4.31 Å². The Kier molecular flexibility index (Phi) is 5.69. The van der Waals surface area contributed by atoms with E-state index in [9.17, 15) is 13.2 Å². The van der Waals surface area contributed by atoms with Crippen molar-refractivity contribution in [1.29, 1.82) is 0 Å². The molecule has 2 aliphatic rings. The molecule has 0 unspecified atom stereocenters. The van der Waals surface area contributed by atoms with Crippen LogP contribution in [0.4, 0.5) is 0 Å². The molecule has 0 bridgehead atoms. The van der Waals surface area contributed by atoms with Gasteiger partial charge in [-0.3, -0.25) is 9.78 Å². The van der Waals surface area contributed by atoms with Gasteiger partial charge in [0.15, 0.2) is 0 Å². The number of piperidine rings is 1. The van der Waals surface area contributed by atoms with Crippen molar-refractivity contribution in [2.24, 2.45) is 5.92 Å². The van der Waals surface area contributed by atoms with Gasteiger partial charge < -0.3 is 4.90 Å². The normalized spacial score (nSPS) is 18.0. The molecule has 0 N–H and O–H groups in total. The molecular formula is C25H27N3O3S. The number of amides is 1. The summed E-state index contributed by atoms with van der Waals surface area (Å²) in [7, 11) is -3.57. The number of fused-ring (bicyclic) bond motifs is 1. The zero-order valence-corrected chi connectivity index (χ0v) is 18.7. The maximum absolute atomic E-state index is 13.3. The maximum atomic E-state index is 13.3. The predicted octanol–water partition coefficient (Wildman–Crippen LogP) is 3.83. The van der Waals surface area contributed by atoms with Gasteiger partial charge in [-0.15, -0.1) is 0 Å². The number of carbonyl (C=O) groups excluding carboxylic acids is 1. The second kappa shape index (κ2) is 8.64. The number of pyridine rings is 1. The van der Waals surface area contributed by atoms with E-state index < -0.39 is 10.0 Å². The molecule has 1 aliphatic carbocycles. The summed E-state index contributed by atoms with van der Waals surface area (Å²) in [6.07, 6.45) is 6.72. The second-order valence-corrected chi connectivity index (χ2v) is 10.7. The first-order valence-corrected chi connectivity index (χ1v) is 12.6. The van der Waals surface area contributed by atoms with Crippen LogP contribution in [0.25, 0.3) is 10.8 Å². The fraction of sp³-hybridized carbons (Fsp3) is 0.360. The molecular weight excluding hydrogens is 422 g/mol. The van der Waals surface area contributed by atoms with Crippen molar-refractivity contribution in [3.63, 3.8) is 0 Å². The maximum Gasteiger partial charge on any atom is 0.243 e. The summed E-state index contributed by atoms with van der Waals surface area (Å²) in [5, 5.41) is 1.93. The zero-order chi connectivity index (χ0) is 22.1. The van der Waals surface area contributed by atoms with Gasteiger partial charge in [-0.1, -0.05) is 30.3 Å². The van der Waals surface area contributed by atoms with E-state index in [4.69, 9.17) is 0 Å². The van der Waals surface area contributed by atoms with Crippen LogP contribution in [0, 0.1) is 5.92 Å². The molecule has 32 heavy (non-hydrogen) atoms. The van der Waals surface area contributed by atoms with Gasteiger partial charge in [0.05, 0.1) is 4.90 Å². The van der Waals surface area contributed by atoms with Crippen molar-refractivity contribution in [2.45, 2.75) is 43.2 Å². The van der Waals surface area contributed by atoms with Crippen LogP contribution in [0.2, 0.25) is 0 Å². The first kappa shape index (κ1) is 21.1. The molecule has 1 aliphatic heterocycles. The minimum Gasteiger partial charge on any atom is -0.335 e. The number of hydrogen-bond acceptors (Lipinski definition) is 4. The summed E-state index contributed by atoms with van der Waals surface area (Å²) in [6, 6.07) is 17.2. The highest BCUT2D eigenvalue weighted by molar-refractivity contribution is 7.89. The standard InChI is InChI=1S/C25H27N3O3S/c29-25(28(23-6-7-23)18-19-9-13-26-14-10-19)21-11-15-27(16-12-21)32(30,31)24-8-5-20-3-1-2-4-22(20)17-24/h1-5,8-10,13-14,17,21,23H,6-7,11-12,15-16,18H2. The van der Waals surface area contributed by atoms with Crippen molar-refractivity contribution in [2.75, 3.05) is 13.1 Å². The lowest BCUT2D eigenvalue weighted by Gasteiger charge is -2.34. The van der Waals surface area contributed by atoms with E-state index in [0.29, 0.717) is 43.4 Å². The third kappa shape index (κ3) is 4.27. The number of carbonyl (C=O) groups is 1. The van der Waals surface area contributed by atoms with Crippen LogP contribution >= 0.6 is 0 Å². The molecule has 1 saturated heterocycles. The van der Waals surface area contributed by atoms with Crippen molar-refractivity contribution in [3.05, 3.63) is 72.6 Å². The Morgan fingerprint density at radius 2 is 1.62 bits per heavy atom. The van der Waals surface area contributed by atoms with Crippen molar-refractivity contribution < 1.29 is 13.2 Å². The summed E-state index contributed by atoms with van der Waals surface area (Å²) in [4.78, 5) is 19.7. The van der Waals surface area contributed by atoms with Crippen molar-refractivity contribution in [1.82, 2.24) is 14.2 Å². The SMILES string of the molecule is O=C(C1CCN(S(=O)(=O)c2ccc3ccccc3c2)CC1)N(Cc1ccncc1)C1CC1. The van der Waals surface area contributed by atoms with E-state index in [1.54, 1.807) is 24.5 Å². The number of rotatable bonds is 6. The molecule has 166 valence electrons. The Balaban J connectivity index is 1.27. The largest absolute Gasteiger partial charge is 0.335 e. The predicted molar refractivity (Wildman–Crippen MR) is 123 cm³/mol. The summed E-state index contributed by atoms with van der Waals surface area (Å²) in [5.41, 5.74) is 1.08. The first-order valence-electron chi connectivity index (χ1n) is 11.2. The highest BCUT2D eigenvalue weighted by Crippen LogP contribution is 2.33. The molecule has 7 heteroatoms. The molecule has 2 heterocycles. The highest BCUT2D eigenvalue weighted by atomic mass is 32.2. The van der Waals surface area contributed by atoms with Gasteiger partial charge >= 0.3 is 0 Å². The first-order chi connectivity index (χ1) is 15.5. The van der Waals surface area contributed by atoms with Crippen molar-refractivity contribution in [3.8, 4) is 0 Å². The van der Waals surface area contributed by atoms with E-state index in [-0.39, 0.29) is 11.8 Å². The van der Waals surface area contributed by atoms with Crippen LogP contribution in [0.1, 0.15) is 31.2 Å². The lowest BCUT2D eigenvalue weighted by molar-refractivity contribution is -0.138.